The van der Waals surface area contributed by atoms with E-state index in [1.54, 1.807) is 18.0 Å². The summed E-state index contributed by atoms with van der Waals surface area (Å²) in [6.07, 6.45) is 0.780. The first-order valence-corrected chi connectivity index (χ1v) is 6.29. The number of carbonyl (C=O) groups excluding carboxylic acids is 1. The van der Waals surface area contributed by atoms with Gasteiger partial charge in [-0.2, -0.15) is 0 Å². The van der Waals surface area contributed by atoms with E-state index < -0.39 is 0 Å². The Morgan fingerprint density at radius 2 is 2.00 bits per heavy atom. The Labute approximate surface area is 112 Å². The summed E-state index contributed by atoms with van der Waals surface area (Å²) in [6, 6.07) is 11.1. The average molecular weight is 258 g/mol. The molecule has 0 atom stereocenters. The molecule has 1 aromatic carbocycles. The molecular formula is C15H18N2O2. The minimum absolute atomic E-state index is 0.136. The Morgan fingerprint density at radius 3 is 2.63 bits per heavy atom. The number of benzene rings is 1. The van der Waals surface area contributed by atoms with Gasteiger partial charge in [0, 0.05) is 25.7 Å². The molecular weight excluding hydrogens is 240 g/mol. The highest BCUT2D eigenvalue weighted by molar-refractivity contribution is 5.91. The van der Waals surface area contributed by atoms with Crippen LogP contribution >= 0.6 is 0 Å². The predicted octanol–water partition coefficient (Wildman–Crippen LogP) is 2.70. The van der Waals surface area contributed by atoms with E-state index in [4.69, 9.17) is 10.2 Å². The number of para-hydroxylation sites is 1. The number of carbonyl (C=O) groups is 1. The molecule has 0 saturated heterocycles. The molecule has 0 aliphatic rings. The summed E-state index contributed by atoms with van der Waals surface area (Å²) >= 11 is 0. The van der Waals surface area contributed by atoms with Gasteiger partial charge in [0.1, 0.15) is 5.76 Å². The molecule has 4 heteroatoms. The molecule has 1 aromatic heterocycles. The summed E-state index contributed by atoms with van der Waals surface area (Å²) in [5.41, 5.74) is 7.49. The van der Waals surface area contributed by atoms with Crippen LogP contribution in [0.15, 0.2) is 40.8 Å². The zero-order chi connectivity index (χ0) is 13.8. The van der Waals surface area contributed by atoms with Crippen LogP contribution in [0.4, 0.5) is 5.69 Å². The standard InChI is InChI=1S/C15H18N2O2/c1-3-12-8-9-14(19-12)15(18)17(2)10-11-6-4-5-7-13(11)16/h4-9H,3,10,16H2,1-2H3. The molecule has 0 bridgehead atoms. The van der Waals surface area contributed by atoms with Gasteiger partial charge in [0.25, 0.3) is 5.91 Å². The van der Waals surface area contributed by atoms with E-state index >= 15 is 0 Å². The third-order valence-electron chi connectivity index (χ3n) is 3.03. The van der Waals surface area contributed by atoms with Crippen molar-refractivity contribution in [1.29, 1.82) is 0 Å². The molecule has 0 aliphatic carbocycles. The minimum atomic E-state index is -0.136. The van der Waals surface area contributed by atoms with Crippen LogP contribution in [0.3, 0.4) is 0 Å². The number of hydrogen-bond donors (Lipinski definition) is 1. The third kappa shape index (κ3) is 2.96. The molecule has 2 rings (SSSR count). The Kier molecular flexibility index (Phi) is 3.90. The van der Waals surface area contributed by atoms with E-state index in [0.29, 0.717) is 18.0 Å². The van der Waals surface area contributed by atoms with E-state index in [0.717, 1.165) is 17.7 Å². The second kappa shape index (κ2) is 5.61. The molecule has 1 amide bonds. The van der Waals surface area contributed by atoms with Crippen molar-refractivity contribution in [1.82, 2.24) is 4.90 Å². The number of nitrogens with two attached hydrogens (primary N) is 1. The first-order valence-electron chi connectivity index (χ1n) is 6.29. The summed E-state index contributed by atoms with van der Waals surface area (Å²) in [7, 11) is 1.74. The number of hydrogen-bond acceptors (Lipinski definition) is 3. The largest absolute Gasteiger partial charge is 0.456 e. The maximum atomic E-state index is 12.2. The molecule has 2 N–H and O–H groups in total. The van der Waals surface area contributed by atoms with Crippen molar-refractivity contribution in [2.24, 2.45) is 0 Å². The van der Waals surface area contributed by atoms with Gasteiger partial charge in [0.05, 0.1) is 0 Å². The van der Waals surface area contributed by atoms with Gasteiger partial charge >= 0.3 is 0 Å². The van der Waals surface area contributed by atoms with Gasteiger partial charge < -0.3 is 15.1 Å². The molecule has 4 nitrogen and oxygen atoms in total. The Morgan fingerprint density at radius 1 is 1.26 bits per heavy atom. The van der Waals surface area contributed by atoms with Gasteiger partial charge in [0.2, 0.25) is 0 Å². The maximum Gasteiger partial charge on any atom is 0.289 e. The summed E-state index contributed by atoms with van der Waals surface area (Å²) < 4.78 is 5.46. The van der Waals surface area contributed by atoms with Crippen molar-refractivity contribution in [2.45, 2.75) is 19.9 Å². The van der Waals surface area contributed by atoms with Gasteiger partial charge in [-0.05, 0) is 23.8 Å². The number of rotatable bonds is 4. The van der Waals surface area contributed by atoms with Crippen LogP contribution in [0.1, 0.15) is 28.8 Å². The third-order valence-corrected chi connectivity index (χ3v) is 3.03. The van der Waals surface area contributed by atoms with E-state index in [1.807, 2.05) is 37.3 Å². The van der Waals surface area contributed by atoms with Crippen LogP contribution in [0, 0.1) is 0 Å². The van der Waals surface area contributed by atoms with Gasteiger partial charge in [-0.15, -0.1) is 0 Å². The van der Waals surface area contributed by atoms with Gasteiger partial charge in [0.15, 0.2) is 5.76 Å². The average Bonchev–Trinajstić information content (AvgIpc) is 2.89. The number of amides is 1. The second-order valence-corrected chi connectivity index (χ2v) is 4.48. The molecule has 2 aromatic rings. The Balaban J connectivity index is 2.09. The van der Waals surface area contributed by atoms with Crippen molar-refractivity contribution < 1.29 is 9.21 Å². The van der Waals surface area contributed by atoms with Gasteiger partial charge in [-0.3, -0.25) is 4.79 Å². The van der Waals surface area contributed by atoms with E-state index in [9.17, 15) is 4.79 Å². The number of nitrogens with zero attached hydrogens (tertiary/aromatic N) is 1. The highest BCUT2D eigenvalue weighted by atomic mass is 16.4. The summed E-state index contributed by atoms with van der Waals surface area (Å²) in [5, 5.41) is 0. The van der Waals surface area contributed by atoms with E-state index in [2.05, 4.69) is 0 Å². The first-order chi connectivity index (χ1) is 9.11. The van der Waals surface area contributed by atoms with Gasteiger partial charge in [-0.1, -0.05) is 25.1 Å². The number of nitrogen functional groups attached to an aromatic ring is 1. The molecule has 0 saturated carbocycles. The Bertz CT molecular complexity index is 575. The number of furan rings is 1. The van der Waals surface area contributed by atoms with Crippen LogP contribution in [-0.4, -0.2) is 17.9 Å². The topological polar surface area (TPSA) is 59.5 Å². The first kappa shape index (κ1) is 13.2. The van der Waals surface area contributed by atoms with Crippen molar-refractivity contribution in [3.05, 3.63) is 53.5 Å². The predicted molar refractivity (Wildman–Crippen MR) is 74.7 cm³/mol. The zero-order valence-electron chi connectivity index (χ0n) is 11.2. The maximum absolute atomic E-state index is 12.2. The molecule has 0 unspecified atom stereocenters. The van der Waals surface area contributed by atoms with Crippen LogP contribution in [-0.2, 0) is 13.0 Å². The lowest BCUT2D eigenvalue weighted by molar-refractivity contribution is 0.0752. The highest BCUT2D eigenvalue weighted by Gasteiger charge is 2.16. The summed E-state index contributed by atoms with van der Waals surface area (Å²) in [5.74, 6) is 1.05. The monoisotopic (exact) mass is 258 g/mol. The van der Waals surface area contributed by atoms with Crippen LogP contribution in [0.25, 0.3) is 0 Å². The second-order valence-electron chi connectivity index (χ2n) is 4.48. The summed E-state index contributed by atoms with van der Waals surface area (Å²) in [4.78, 5) is 13.8. The molecule has 1 heterocycles. The smallest absolute Gasteiger partial charge is 0.289 e. The van der Waals surface area contributed by atoms with Gasteiger partial charge in [-0.25, -0.2) is 0 Å². The lowest BCUT2D eigenvalue weighted by atomic mass is 10.1. The Hall–Kier alpha value is -2.23. The van der Waals surface area contributed by atoms with Crippen molar-refractivity contribution in [3.8, 4) is 0 Å². The van der Waals surface area contributed by atoms with E-state index in [-0.39, 0.29) is 5.91 Å². The normalized spacial score (nSPS) is 10.4. The molecule has 0 spiro atoms. The van der Waals surface area contributed by atoms with Crippen molar-refractivity contribution >= 4 is 11.6 Å². The lowest BCUT2D eigenvalue weighted by Crippen LogP contribution is -2.26. The fraction of sp³-hybridized carbons (Fsp3) is 0.267. The zero-order valence-corrected chi connectivity index (χ0v) is 11.2. The molecule has 0 aliphatic heterocycles. The number of aryl methyl sites for hydroxylation is 1. The SMILES string of the molecule is CCc1ccc(C(=O)N(C)Cc2ccccc2N)o1. The quantitative estimate of drug-likeness (QED) is 0.858. The summed E-state index contributed by atoms with van der Waals surface area (Å²) in [6.45, 7) is 2.45. The van der Waals surface area contributed by atoms with Crippen molar-refractivity contribution in [2.75, 3.05) is 12.8 Å². The molecule has 0 fully saturated rings. The molecule has 19 heavy (non-hydrogen) atoms. The number of anilines is 1. The highest BCUT2D eigenvalue weighted by Crippen LogP contribution is 2.15. The fourth-order valence-electron chi connectivity index (χ4n) is 1.88. The van der Waals surface area contributed by atoms with Crippen LogP contribution < -0.4 is 5.73 Å². The minimum Gasteiger partial charge on any atom is -0.456 e. The van der Waals surface area contributed by atoms with Crippen LogP contribution in [0.5, 0.6) is 0 Å². The van der Waals surface area contributed by atoms with Crippen LogP contribution in [0.2, 0.25) is 0 Å². The lowest BCUT2D eigenvalue weighted by Gasteiger charge is -2.17. The fourth-order valence-corrected chi connectivity index (χ4v) is 1.88. The molecule has 0 radical (unpaired) electrons. The van der Waals surface area contributed by atoms with E-state index in [1.165, 1.54) is 0 Å². The van der Waals surface area contributed by atoms with Crippen molar-refractivity contribution in [3.63, 3.8) is 0 Å². The molecule has 100 valence electrons.